The van der Waals surface area contributed by atoms with E-state index in [0.717, 1.165) is 6.54 Å². The minimum Gasteiger partial charge on any atom is -0.385 e. The Bertz CT molecular complexity index is 365. The predicted molar refractivity (Wildman–Crippen MR) is 108 cm³/mol. The molecular weight excluding hydrogens is 302 g/mol. The molecule has 0 aliphatic rings. The average molecular weight is 340 g/mol. The number of rotatable bonds is 14. The molecule has 0 radical (unpaired) electrons. The van der Waals surface area contributed by atoms with Gasteiger partial charge in [-0.1, -0.05) is 95.8 Å². The Morgan fingerprint density at radius 2 is 1.17 bits per heavy atom. The number of benzene rings is 1. The maximum atomic E-state index is 3.55. The Balaban J connectivity index is 0.00000484. The van der Waals surface area contributed by atoms with Gasteiger partial charge in [-0.3, -0.25) is 0 Å². The highest BCUT2D eigenvalue weighted by molar-refractivity contribution is 5.85. The van der Waals surface area contributed by atoms with Gasteiger partial charge in [0.1, 0.15) is 0 Å². The van der Waals surface area contributed by atoms with Crippen LogP contribution in [-0.2, 0) is 0 Å². The zero-order valence-corrected chi connectivity index (χ0v) is 16.2. The van der Waals surface area contributed by atoms with E-state index in [9.17, 15) is 0 Å². The number of unbranched alkanes of at least 4 members (excludes halogenated alkanes) is 11. The second-order valence-corrected chi connectivity index (χ2v) is 6.63. The summed E-state index contributed by atoms with van der Waals surface area (Å²) in [6.45, 7) is 5.57. The molecule has 0 saturated heterocycles. The van der Waals surface area contributed by atoms with E-state index in [-0.39, 0.29) is 12.4 Å². The minimum absolute atomic E-state index is 0. The molecule has 0 aliphatic heterocycles. The summed E-state index contributed by atoms with van der Waals surface area (Å²) in [5.74, 6) is 0. The van der Waals surface area contributed by atoms with E-state index in [0.29, 0.717) is 0 Å². The van der Waals surface area contributed by atoms with Crippen molar-refractivity contribution < 1.29 is 0 Å². The van der Waals surface area contributed by atoms with Crippen LogP contribution in [0.1, 0.15) is 89.5 Å². The van der Waals surface area contributed by atoms with E-state index in [1.54, 1.807) is 0 Å². The Hall–Kier alpha value is -0.690. The van der Waals surface area contributed by atoms with Crippen LogP contribution in [0.15, 0.2) is 24.3 Å². The van der Waals surface area contributed by atoms with Crippen molar-refractivity contribution >= 4 is 18.1 Å². The van der Waals surface area contributed by atoms with Crippen LogP contribution in [0.4, 0.5) is 5.69 Å². The molecule has 0 aromatic heterocycles. The lowest BCUT2D eigenvalue weighted by atomic mass is 10.1. The Kier molecular flexibility index (Phi) is 15.7. The van der Waals surface area contributed by atoms with Crippen molar-refractivity contribution in [2.24, 2.45) is 0 Å². The second kappa shape index (κ2) is 16.2. The van der Waals surface area contributed by atoms with Crippen molar-refractivity contribution in [2.75, 3.05) is 11.9 Å². The number of halogens is 1. The molecule has 0 heterocycles. The fraction of sp³-hybridized carbons (Fsp3) is 0.714. The van der Waals surface area contributed by atoms with Crippen LogP contribution in [-0.4, -0.2) is 6.54 Å². The fourth-order valence-electron chi connectivity index (χ4n) is 2.96. The van der Waals surface area contributed by atoms with Crippen molar-refractivity contribution in [3.63, 3.8) is 0 Å². The molecule has 1 nitrogen and oxygen atoms in total. The predicted octanol–water partition coefficient (Wildman–Crippen LogP) is 7.53. The molecule has 1 rings (SSSR count). The van der Waals surface area contributed by atoms with Gasteiger partial charge in [0.15, 0.2) is 0 Å². The van der Waals surface area contributed by atoms with Gasteiger partial charge in [0.05, 0.1) is 0 Å². The van der Waals surface area contributed by atoms with Gasteiger partial charge in [-0.15, -0.1) is 12.4 Å². The van der Waals surface area contributed by atoms with Crippen LogP contribution >= 0.6 is 12.4 Å². The highest BCUT2D eigenvalue weighted by Gasteiger charge is 1.96. The molecule has 23 heavy (non-hydrogen) atoms. The van der Waals surface area contributed by atoms with Crippen LogP contribution in [0.25, 0.3) is 0 Å². The van der Waals surface area contributed by atoms with Crippen LogP contribution in [0.5, 0.6) is 0 Å². The van der Waals surface area contributed by atoms with Crippen molar-refractivity contribution in [1.29, 1.82) is 0 Å². The number of aryl methyl sites for hydroxylation is 1. The first-order valence-corrected chi connectivity index (χ1v) is 9.64. The molecule has 2 heteroatoms. The van der Waals surface area contributed by atoms with Gasteiger partial charge in [-0.2, -0.15) is 0 Å². The third-order valence-corrected chi connectivity index (χ3v) is 4.49. The topological polar surface area (TPSA) is 12.0 Å². The summed E-state index contributed by atoms with van der Waals surface area (Å²) in [5, 5.41) is 3.55. The monoisotopic (exact) mass is 339 g/mol. The van der Waals surface area contributed by atoms with Gasteiger partial charge in [-0.25, -0.2) is 0 Å². The number of para-hydroxylation sites is 1. The molecular formula is C21H38ClN. The number of nitrogens with one attached hydrogen (secondary N) is 1. The lowest BCUT2D eigenvalue weighted by Gasteiger charge is -2.09. The van der Waals surface area contributed by atoms with Gasteiger partial charge in [-0.05, 0) is 25.0 Å². The zero-order chi connectivity index (χ0) is 15.9. The largest absolute Gasteiger partial charge is 0.385 e. The zero-order valence-electron chi connectivity index (χ0n) is 15.4. The summed E-state index contributed by atoms with van der Waals surface area (Å²) in [5.41, 5.74) is 2.65. The van der Waals surface area contributed by atoms with Gasteiger partial charge < -0.3 is 5.32 Å². The van der Waals surface area contributed by atoms with E-state index >= 15 is 0 Å². The quantitative estimate of drug-likeness (QED) is 0.345. The van der Waals surface area contributed by atoms with Crippen LogP contribution < -0.4 is 5.32 Å². The molecule has 1 N–H and O–H groups in total. The van der Waals surface area contributed by atoms with Crippen molar-refractivity contribution in [2.45, 2.75) is 90.9 Å². The molecule has 0 spiro atoms. The number of hydrogen-bond donors (Lipinski definition) is 1. The van der Waals surface area contributed by atoms with Crippen molar-refractivity contribution in [1.82, 2.24) is 0 Å². The van der Waals surface area contributed by atoms with Gasteiger partial charge in [0, 0.05) is 12.2 Å². The molecule has 0 amide bonds. The molecule has 0 unspecified atom stereocenters. The summed E-state index contributed by atoms with van der Waals surface area (Å²) in [6.07, 6.45) is 17.0. The first-order chi connectivity index (χ1) is 10.8. The highest BCUT2D eigenvalue weighted by atomic mass is 35.5. The number of hydrogen-bond acceptors (Lipinski definition) is 1. The molecule has 134 valence electrons. The smallest absolute Gasteiger partial charge is 0.0369 e. The van der Waals surface area contributed by atoms with Crippen LogP contribution in [0, 0.1) is 6.92 Å². The summed E-state index contributed by atoms with van der Waals surface area (Å²) < 4.78 is 0. The van der Waals surface area contributed by atoms with E-state index in [1.807, 2.05) is 0 Å². The molecule has 0 saturated carbocycles. The van der Waals surface area contributed by atoms with Gasteiger partial charge in [0.25, 0.3) is 0 Å². The first kappa shape index (κ1) is 22.3. The van der Waals surface area contributed by atoms with E-state index in [1.165, 1.54) is 88.3 Å². The normalized spacial score (nSPS) is 10.3. The van der Waals surface area contributed by atoms with Crippen LogP contribution in [0.2, 0.25) is 0 Å². The third kappa shape index (κ3) is 12.4. The first-order valence-electron chi connectivity index (χ1n) is 9.64. The molecule has 0 bridgehead atoms. The molecule has 0 fully saturated rings. The maximum absolute atomic E-state index is 3.55. The Morgan fingerprint density at radius 1 is 0.696 bits per heavy atom. The fourth-order valence-corrected chi connectivity index (χ4v) is 2.96. The Morgan fingerprint density at radius 3 is 1.70 bits per heavy atom. The lowest BCUT2D eigenvalue weighted by Crippen LogP contribution is -2.02. The van der Waals surface area contributed by atoms with E-state index in [4.69, 9.17) is 0 Å². The maximum Gasteiger partial charge on any atom is 0.0369 e. The average Bonchev–Trinajstić information content (AvgIpc) is 2.53. The Labute approximate surface area is 151 Å². The van der Waals surface area contributed by atoms with E-state index < -0.39 is 0 Å². The lowest BCUT2D eigenvalue weighted by molar-refractivity contribution is 0.546. The minimum atomic E-state index is 0. The summed E-state index contributed by atoms with van der Waals surface area (Å²) in [4.78, 5) is 0. The van der Waals surface area contributed by atoms with E-state index in [2.05, 4.69) is 43.4 Å². The van der Waals surface area contributed by atoms with Gasteiger partial charge in [0.2, 0.25) is 0 Å². The number of anilines is 1. The summed E-state index contributed by atoms with van der Waals surface area (Å²) >= 11 is 0. The summed E-state index contributed by atoms with van der Waals surface area (Å²) in [7, 11) is 0. The SMILES string of the molecule is CCCCCCCCCCCCCCNc1ccccc1C.Cl. The third-order valence-electron chi connectivity index (χ3n) is 4.49. The van der Waals surface area contributed by atoms with Gasteiger partial charge >= 0.3 is 0 Å². The highest BCUT2D eigenvalue weighted by Crippen LogP contribution is 2.14. The second-order valence-electron chi connectivity index (χ2n) is 6.63. The molecule has 0 atom stereocenters. The summed E-state index contributed by atoms with van der Waals surface area (Å²) in [6, 6.07) is 8.56. The van der Waals surface area contributed by atoms with Crippen LogP contribution in [0.3, 0.4) is 0 Å². The van der Waals surface area contributed by atoms with Crippen molar-refractivity contribution in [3.8, 4) is 0 Å². The standard InChI is InChI=1S/C21H37N.ClH/c1-3-4-5-6-7-8-9-10-11-12-13-16-19-22-21-18-15-14-17-20(21)2;/h14-15,17-18,22H,3-13,16,19H2,1-2H3;1H. The molecule has 1 aromatic rings. The van der Waals surface area contributed by atoms with Crippen molar-refractivity contribution in [3.05, 3.63) is 29.8 Å². The molecule has 1 aromatic carbocycles. The molecule has 0 aliphatic carbocycles.